The lowest BCUT2D eigenvalue weighted by atomic mass is 10.0. The molecular formula is C13H20N2O3. The molecule has 5 nitrogen and oxygen atoms in total. The summed E-state index contributed by atoms with van der Waals surface area (Å²) in [6.07, 6.45) is 2.24. The molecule has 0 aliphatic carbocycles. The maximum absolute atomic E-state index is 10.8. The highest BCUT2D eigenvalue weighted by Crippen LogP contribution is 2.25. The molecule has 0 spiro atoms. The summed E-state index contributed by atoms with van der Waals surface area (Å²) in [5.41, 5.74) is 0. The van der Waals surface area contributed by atoms with Crippen LogP contribution < -0.4 is 5.32 Å². The van der Waals surface area contributed by atoms with E-state index < -0.39 is 5.97 Å². The zero-order chi connectivity index (χ0) is 13.1. The van der Waals surface area contributed by atoms with E-state index in [0.717, 1.165) is 25.9 Å². The van der Waals surface area contributed by atoms with E-state index in [2.05, 4.69) is 17.3 Å². The van der Waals surface area contributed by atoms with Crippen LogP contribution in [0.3, 0.4) is 0 Å². The molecule has 2 N–H and O–H groups in total. The Labute approximate surface area is 107 Å². The minimum absolute atomic E-state index is 0.00978. The van der Waals surface area contributed by atoms with Gasteiger partial charge in [0.1, 0.15) is 5.76 Å². The van der Waals surface area contributed by atoms with Gasteiger partial charge in [-0.2, -0.15) is 0 Å². The highest BCUT2D eigenvalue weighted by atomic mass is 16.4. The molecule has 0 bridgehead atoms. The Bertz CT molecular complexity index is 410. The third-order valence-corrected chi connectivity index (χ3v) is 3.74. The van der Waals surface area contributed by atoms with Crippen LogP contribution in [0.4, 0.5) is 0 Å². The van der Waals surface area contributed by atoms with Crippen molar-refractivity contribution in [1.82, 2.24) is 10.2 Å². The number of hydrogen-bond donors (Lipinski definition) is 2. The molecule has 1 aliphatic heterocycles. The number of carboxylic acids is 1. The molecule has 2 rings (SSSR count). The van der Waals surface area contributed by atoms with Gasteiger partial charge >= 0.3 is 5.97 Å². The van der Waals surface area contributed by atoms with E-state index in [9.17, 15) is 4.79 Å². The third kappa shape index (κ3) is 2.73. The van der Waals surface area contributed by atoms with Crippen molar-refractivity contribution in [3.05, 3.63) is 23.7 Å². The van der Waals surface area contributed by atoms with E-state index >= 15 is 0 Å². The third-order valence-electron chi connectivity index (χ3n) is 3.74. The fraction of sp³-hybridized carbons (Fsp3) is 0.615. The summed E-state index contributed by atoms with van der Waals surface area (Å²) in [6, 6.07) is 3.90. The molecule has 0 radical (unpaired) electrons. The number of nitrogens with zero attached hydrogens (tertiary/aromatic N) is 1. The highest BCUT2D eigenvalue weighted by Gasteiger charge is 2.25. The number of rotatable bonds is 4. The lowest BCUT2D eigenvalue weighted by Crippen LogP contribution is -2.42. The van der Waals surface area contributed by atoms with Crippen LogP contribution >= 0.6 is 0 Å². The van der Waals surface area contributed by atoms with Crippen molar-refractivity contribution in [3.63, 3.8) is 0 Å². The Hall–Kier alpha value is -1.33. The van der Waals surface area contributed by atoms with Crippen molar-refractivity contribution in [3.8, 4) is 0 Å². The van der Waals surface area contributed by atoms with E-state index in [1.165, 1.54) is 6.07 Å². The molecule has 18 heavy (non-hydrogen) atoms. The molecule has 1 unspecified atom stereocenters. The molecule has 1 saturated heterocycles. The predicted molar refractivity (Wildman–Crippen MR) is 67.7 cm³/mol. The summed E-state index contributed by atoms with van der Waals surface area (Å²) in [5, 5.41) is 12.2. The second-order valence-electron chi connectivity index (χ2n) is 4.83. The second kappa shape index (κ2) is 5.54. The van der Waals surface area contributed by atoms with Crippen molar-refractivity contribution in [1.29, 1.82) is 0 Å². The number of nitrogens with one attached hydrogen (secondary N) is 1. The summed E-state index contributed by atoms with van der Waals surface area (Å²) in [6.45, 7) is 4.13. The molecule has 2 heterocycles. The molecule has 100 valence electrons. The molecule has 1 atom stereocenters. The van der Waals surface area contributed by atoms with Crippen molar-refractivity contribution in [2.24, 2.45) is 0 Å². The second-order valence-corrected chi connectivity index (χ2v) is 4.83. The van der Waals surface area contributed by atoms with Gasteiger partial charge in [-0.05, 0) is 52.0 Å². The molecule has 0 amide bonds. The smallest absolute Gasteiger partial charge is 0.371 e. The van der Waals surface area contributed by atoms with E-state index in [0.29, 0.717) is 11.8 Å². The lowest BCUT2D eigenvalue weighted by molar-refractivity contribution is 0.0653. The van der Waals surface area contributed by atoms with E-state index in [-0.39, 0.29) is 11.8 Å². The number of piperidine rings is 1. The molecule has 0 aromatic carbocycles. The predicted octanol–water partition coefficient (Wildman–Crippen LogP) is 1.72. The molecule has 1 aromatic heterocycles. The Morgan fingerprint density at radius 3 is 2.72 bits per heavy atom. The average Bonchev–Trinajstić information content (AvgIpc) is 2.88. The zero-order valence-corrected chi connectivity index (χ0v) is 10.8. The Morgan fingerprint density at radius 1 is 1.50 bits per heavy atom. The summed E-state index contributed by atoms with van der Waals surface area (Å²) >= 11 is 0. The molecule has 5 heteroatoms. The van der Waals surface area contributed by atoms with Crippen LogP contribution in [-0.2, 0) is 0 Å². The van der Waals surface area contributed by atoms with Gasteiger partial charge in [0.25, 0.3) is 0 Å². The van der Waals surface area contributed by atoms with Gasteiger partial charge < -0.3 is 14.8 Å². The summed E-state index contributed by atoms with van der Waals surface area (Å²) in [5.74, 6) is -0.290. The van der Waals surface area contributed by atoms with Gasteiger partial charge in [0, 0.05) is 6.04 Å². The molecule has 1 aromatic rings. The van der Waals surface area contributed by atoms with Gasteiger partial charge in [-0.3, -0.25) is 4.90 Å². The van der Waals surface area contributed by atoms with Crippen LogP contribution in [0.5, 0.6) is 0 Å². The first kappa shape index (κ1) is 13.1. The van der Waals surface area contributed by atoms with Gasteiger partial charge in [-0.1, -0.05) is 0 Å². The van der Waals surface area contributed by atoms with Crippen molar-refractivity contribution >= 4 is 5.97 Å². The van der Waals surface area contributed by atoms with Crippen LogP contribution in [0.25, 0.3) is 0 Å². The monoisotopic (exact) mass is 252 g/mol. The van der Waals surface area contributed by atoms with E-state index in [1.54, 1.807) is 6.07 Å². The standard InChI is InChI=1S/C13H20N2O3/c1-9(11-3-4-12(18-11)13(16)17)15(2)10-5-7-14-8-6-10/h3-4,9-10,14H,5-8H2,1-2H3,(H,16,17). The Balaban J connectivity index is 2.04. The van der Waals surface area contributed by atoms with Crippen molar-refractivity contribution in [2.45, 2.75) is 31.8 Å². The molecular weight excluding hydrogens is 232 g/mol. The normalized spacial score (nSPS) is 19.1. The fourth-order valence-electron chi connectivity index (χ4n) is 2.42. The van der Waals surface area contributed by atoms with E-state index in [4.69, 9.17) is 9.52 Å². The first-order chi connectivity index (χ1) is 8.59. The van der Waals surface area contributed by atoms with Gasteiger partial charge in [0.2, 0.25) is 5.76 Å². The van der Waals surface area contributed by atoms with E-state index in [1.807, 2.05) is 6.92 Å². The number of furan rings is 1. The zero-order valence-electron chi connectivity index (χ0n) is 10.8. The fourth-order valence-corrected chi connectivity index (χ4v) is 2.42. The van der Waals surface area contributed by atoms with Crippen LogP contribution in [0.15, 0.2) is 16.5 Å². The van der Waals surface area contributed by atoms with Crippen LogP contribution in [0.1, 0.15) is 42.1 Å². The first-order valence-corrected chi connectivity index (χ1v) is 6.35. The Kier molecular flexibility index (Phi) is 4.04. The minimum atomic E-state index is -1.02. The highest BCUT2D eigenvalue weighted by molar-refractivity contribution is 5.84. The van der Waals surface area contributed by atoms with Crippen LogP contribution in [-0.4, -0.2) is 42.2 Å². The number of hydrogen-bond acceptors (Lipinski definition) is 4. The number of aromatic carboxylic acids is 1. The average molecular weight is 252 g/mol. The number of carbonyl (C=O) groups is 1. The van der Waals surface area contributed by atoms with Crippen molar-refractivity contribution < 1.29 is 14.3 Å². The summed E-state index contributed by atoms with van der Waals surface area (Å²) in [7, 11) is 2.07. The minimum Gasteiger partial charge on any atom is -0.475 e. The Morgan fingerprint density at radius 2 is 2.17 bits per heavy atom. The topological polar surface area (TPSA) is 65.7 Å². The van der Waals surface area contributed by atoms with Gasteiger partial charge in [-0.25, -0.2) is 4.79 Å². The van der Waals surface area contributed by atoms with Gasteiger partial charge in [0.05, 0.1) is 6.04 Å². The molecule has 1 fully saturated rings. The summed E-state index contributed by atoms with van der Waals surface area (Å²) in [4.78, 5) is 13.1. The van der Waals surface area contributed by atoms with Crippen LogP contribution in [0, 0.1) is 0 Å². The molecule has 0 saturated carbocycles. The van der Waals surface area contributed by atoms with Gasteiger partial charge in [0.15, 0.2) is 0 Å². The van der Waals surface area contributed by atoms with Crippen molar-refractivity contribution in [2.75, 3.05) is 20.1 Å². The largest absolute Gasteiger partial charge is 0.475 e. The number of carboxylic acid groups (broad SMARTS) is 1. The van der Waals surface area contributed by atoms with Crippen LogP contribution in [0.2, 0.25) is 0 Å². The maximum atomic E-state index is 10.8. The maximum Gasteiger partial charge on any atom is 0.371 e. The quantitative estimate of drug-likeness (QED) is 0.854. The SMILES string of the molecule is CC(c1ccc(C(=O)O)o1)N(C)C1CCNCC1. The molecule has 1 aliphatic rings. The lowest BCUT2D eigenvalue weighted by Gasteiger charge is -2.34. The summed E-state index contributed by atoms with van der Waals surface area (Å²) < 4.78 is 5.36. The van der Waals surface area contributed by atoms with Gasteiger partial charge in [-0.15, -0.1) is 0 Å². The first-order valence-electron chi connectivity index (χ1n) is 6.35.